The molecule has 2 aliphatic heterocycles. The van der Waals surface area contributed by atoms with Gasteiger partial charge in [-0.15, -0.1) is 0 Å². The smallest absolute Gasteiger partial charge is 0.265 e. The highest BCUT2D eigenvalue weighted by atomic mass is 16.5. The lowest BCUT2D eigenvalue weighted by atomic mass is 9.86. The summed E-state index contributed by atoms with van der Waals surface area (Å²) in [6.45, 7) is 5.39. The van der Waals surface area contributed by atoms with Gasteiger partial charge < -0.3 is 15.4 Å². The van der Waals surface area contributed by atoms with Crippen LogP contribution in [0.4, 0.5) is 17.1 Å². The third-order valence-corrected chi connectivity index (χ3v) is 5.15. The third-order valence-electron chi connectivity index (χ3n) is 5.15. The molecule has 2 N–H and O–H groups in total. The quantitative estimate of drug-likeness (QED) is 0.858. The van der Waals surface area contributed by atoms with Crippen LogP contribution in [0.5, 0.6) is 5.75 Å². The van der Waals surface area contributed by atoms with Crippen LogP contribution in [0.2, 0.25) is 0 Å². The van der Waals surface area contributed by atoms with Crippen LogP contribution < -0.4 is 20.3 Å². The van der Waals surface area contributed by atoms with Gasteiger partial charge in [0.1, 0.15) is 12.3 Å². The Balaban J connectivity index is 1.54. The van der Waals surface area contributed by atoms with Gasteiger partial charge in [-0.1, -0.05) is 6.07 Å². The van der Waals surface area contributed by atoms with Gasteiger partial charge in [0.05, 0.1) is 11.1 Å². The molecule has 4 rings (SSSR count). The Morgan fingerprint density at radius 2 is 2.00 bits per heavy atom. The second-order valence-electron chi connectivity index (χ2n) is 7.63. The summed E-state index contributed by atoms with van der Waals surface area (Å²) in [5.74, 6) is -0.0744. The van der Waals surface area contributed by atoms with Crippen LogP contribution in [0.25, 0.3) is 0 Å². The normalized spacial score (nSPS) is 16.8. The van der Waals surface area contributed by atoms with E-state index in [0.29, 0.717) is 17.1 Å². The summed E-state index contributed by atoms with van der Waals surface area (Å²) in [7, 11) is 0. The van der Waals surface area contributed by atoms with Gasteiger partial charge in [-0.2, -0.15) is 0 Å². The zero-order chi connectivity index (χ0) is 20.1. The van der Waals surface area contributed by atoms with E-state index in [1.807, 2.05) is 32.9 Å². The number of carbonyl (C=O) groups excluding carboxylic acids is 3. The Kier molecular flexibility index (Phi) is 4.10. The molecule has 0 spiro atoms. The van der Waals surface area contributed by atoms with Crippen molar-refractivity contribution in [2.75, 3.05) is 28.7 Å². The molecule has 2 heterocycles. The summed E-state index contributed by atoms with van der Waals surface area (Å²) in [6.07, 6.45) is 0. The standard InChI is InChI=1S/C21H21N3O4/c1-12-4-7-17-16(8-12)24(19(26)11-28-17)10-18(25)22-13-5-6-15-14(9-13)21(2,3)20(27)23-15/h4-9H,10-11H2,1-3H3,(H,22,25)(H,23,27). The summed E-state index contributed by atoms with van der Waals surface area (Å²) >= 11 is 0. The number of carbonyl (C=O) groups is 3. The number of nitrogens with zero attached hydrogens (tertiary/aromatic N) is 1. The second kappa shape index (κ2) is 6.37. The molecule has 3 amide bonds. The highest BCUT2D eigenvalue weighted by Gasteiger charge is 2.38. The summed E-state index contributed by atoms with van der Waals surface area (Å²) in [5.41, 5.74) is 3.07. The summed E-state index contributed by atoms with van der Waals surface area (Å²) < 4.78 is 5.44. The largest absolute Gasteiger partial charge is 0.482 e. The van der Waals surface area contributed by atoms with E-state index < -0.39 is 5.41 Å². The van der Waals surface area contributed by atoms with Gasteiger partial charge >= 0.3 is 0 Å². The molecule has 2 aliphatic rings. The van der Waals surface area contributed by atoms with Crippen LogP contribution in [0.3, 0.4) is 0 Å². The molecule has 2 aromatic carbocycles. The Hall–Kier alpha value is -3.35. The first-order chi connectivity index (χ1) is 13.3. The molecule has 7 heteroatoms. The first-order valence-corrected chi connectivity index (χ1v) is 9.05. The topological polar surface area (TPSA) is 87.7 Å². The Morgan fingerprint density at radius 1 is 1.21 bits per heavy atom. The number of ether oxygens (including phenoxy) is 1. The number of amides is 3. The number of benzene rings is 2. The molecule has 0 radical (unpaired) electrons. The number of hydrogen-bond acceptors (Lipinski definition) is 4. The maximum absolute atomic E-state index is 12.6. The maximum Gasteiger partial charge on any atom is 0.265 e. The molecule has 7 nitrogen and oxygen atoms in total. The van der Waals surface area contributed by atoms with Gasteiger partial charge in [-0.25, -0.2) is 0 Å². The molecule has 0 atom stereocenters. The van der Waals surface area contributed by atoms with Crippen molar-refractivity contribution in [3.05, 3.63) is 47.5 Å². The summed E-state index contributed by atoms with van der Waals surface area (Å²) in [4.78, 5) is 38.4. The first kappa shape index (κ1) is 18.0. The molecule has 144 valence electrons. The minimum Gasteiger partial charge on any atom is -0.482 e. The van der Waals surface area contributed by atoms with Gasteiger partial charge in [0.2, 0.25) is 11.8 Å². The van der Waals surface area contributed by atoms with E-state index in [2.05, 4.69) is 10.6 Å². The minimum absolute atomic E-state index is 0.0723. The maximum atomic E-state index is 12.6. The SMILES string of the molecule is Cc1ccc2c(c1)N(CC(=O)Nc1ccc3c(c1)C(C)(C)C(=O)N3)C(=O)CO2. The van der Waals surface area contributed by atoms with Crippen molar-refractivity contribution in [2.24, 2.45) is 0 Å². The molecule has 0 unspecified atom stereocenters. The van der Waals surface area contributed by atoms with Gasteiger partial charge in [0, 0.05) is 11.4 Å². The van der Waals surface area contributed by atoms with Gasteiger partial charge in [-0.05, 0) is 62.2 Å². The zero-order valence-electron chi connectivity index (χ0n) is 16.0. The van der Waals surface area contributed by atoms with Crippen LogP contribution in [-0.4, -0.2) is 30.9 Å². The highest BCUT2D eigenvalue weighted by molar-refractivity contribution is 6.07. The molecule has 0 saturated carbocycles. The molecule has 0 bridgehead atoms. The van der Waals surface area contributed by atoms with Crippen molar-refractivity contribution in [3.63, 3.8) is 0 Å². The summed E-state index contributed by atoms with van der Waals surface area (Å²) in [5, 5.41) is 5.66. The van der Waals surface area contributed by atoms with Crippen molar-refractivity contribution in [3.8, 4) is 5.75 Å². The predicted molar refractivity (Wildman–Crippen MR) is 106 cm³/mol. The Labute approximate surface area is 162 Å². The van der Waals surface area contributed by atoms with Crippen LogP contribution >= 0.6 is 0 Å². The molecular formula is C21H21N3O4. The average molecular weight is 379 g/mol. The molecular weight excluding hydrogens is 358 g/mol. The molecule has 0 saturated heterocycles. The first-order valence-electron chi connectivity index (χ1n) is 9.05. The number of nitrogens with one attached hydrogen (secondary N) is 2. The van der Waals surface area contributed by atoms with E-state index in [1.165, 1.54) is 4.90 Å². The van der Waals surface area contributed by atoms with E-state index in [4.69, 9.17) is 4.74 Å². The number of anilines is 3. The van der Waals surface area contributed by atoms with Crippen LogP contribution in [-0.2, 0) is 19.8 Å². The average Bonchev–Trinajstić information content (AvgIpc) is 2.87. The number of rotatable bonds is 3. The Morgan fingerprint density at radius 3 is 2.79 bits per heavy atom. The molecule has 28 heavy (non-hydrogen) atoms. The van der Waals surface area contributed by atoms with E-state index >= 15 is 0 Å². The molecule has 0 aromatic heterocycles. The van der Waals surface area contributed by atoms with Crippen molar-refractivity contribution < 1.29 is 19.1 Å². The van der Waals surface area contributed by atoms with Crippen molar-refractivity contribution in [1.82, 2.24) is 0 Å². The number of fused-ring (bicyclic) bond motifs is 2. The fraction of sp³-hybridized carbons (Fsp3) is 0.286. The minimum atomic E-state index is -0.660. The van der Waals surface area contributed by atoms with E-state index in [9.17, 15) is 14.4 Å². The van der Waals surface area contributed by atoms with Gasteiger partial charge in [0.25, 0.3) is 5.91 Å². The molecule has 0 aliphatic carbocycles. The predicted octanol–water partition coefficient (Wildman–Crippen LogP) is 2.59. The van der Waals surface area contributed by atoms with Gasteiger partial charge in [-0.3, -0.25) is 19.3 Å². The fourth-order valence-corrected chi connectivity index (χ4v) is 3.48. The number of aryl methyl sites for hydroxylation is 1. The third kappa shape index (κ3) is 2.98. The lowest BCUT2D eigenvalue weighted by Crippen LogP contribution is -2.43. The van der Waals surface area contributed by atoms with E-state index in [-0.39, 0.29) is 30.9 Å². The lowest BCUT2D eigenvalue weighted by Gasteiger charge is -2.29. The van der Waals surface area contributed by atoms with Crippen molar-refractivity contribution in [1.29, 1.82) is 0 Å². The van der Waals surface area contributed by atoms with E-state index in [0.717, 1.165) is 16.8 Å². The fourth-order valence-electron chi connectivity index (χ4n) is 3.48. The highest BCUT2D eigenvalue weighted by Crippen LogP contribution is 2.38. The van der Waals surface area contributed by atoms with Crippen molar-refractivity contribution >= 4 is 34.8 Å². The monoisotopic (exact) mass is 379 g/mol. The van der Waals surface area contributed by atoms with Crippen LogP contribution in [0, 0.1) is 6.92 Å². The Bertz CT molecular complexity index is 1010. The second-order valence-corrected chi connectivity index (χ2v) is 7.63. The van der Waals surface area contributed by atoms with Crippen LogP contribution in [0.15, 0.2) is 36.4 Å². The van der Waals surface area contributed by atoms with E-state index in [1.54, 1.807) is 24.3 Å². The lowest BCUT2D eigenvalue weighted by molar-refractivity contribution is -0.123. The van der Waals surface area contributed by atoms with Gasteiger partial charge in [0.15, 0.2) is 6.61 Å². The van der Waals surface area contributed by atoms with Crippen molar-refractivity contribution in [2.45, 2.75) is 26.2 Å². The number of hydrogen-bond donors (Lipinski definition) is 2. The summed E-state index contributed by atoms with van der Waals surface area (Å²) in [6, 6.07) is 10.8. The van der Waals surface area contributed by atoms with Crippen LogP contribution in [0.1, 0.15) is 25.0 Å². The molecule has 2 aromatic rings. The molecule has 0 fully saturated rings. The zero-order valence-corrected chi connectivity index (χ0v) is 16.0.